The predicted molar refractivity (Wildman–Crippen MR) is 118 cm³/mol. The van der Waals surface area contributed by atoms with Crippen molar-refractivity contribution in [2.45, 2.75) is 70.1 Å². The van der Waals surface area contributed by atoms with E-state index in [0.717, 1.165) is 12.2 Å². The minimum Gasteiger partial charge on any atom is -0.489 e. The molecule has 2 unspecified atom stereocenters. The molecule has 1 saturated heterocycles. The van der Waals surface area contributed by atoms with Crippen LogP contribution >= 0.6 is 11.8 Å². The van der Waals surface area contributed by atoms with Crippen LogP contribution in [0.5, 0.6) is 5.75 Å². The van der Waals surface area contributed by atoms with E-state index in [2.05, 4.69) is 53.6 Å². The lowest BCUT2D eigenvalue weighted by Crippen LogP contribution is -2.34. The molecule has 5 rings (SSSR count). The van der Waals surface area contributed by atoms with Crippen LogP contribution < -0.4 is 9.64 Å². The van der Waals surface area contributed by atoms with Crippen LogP contribution in [0.1, 0.15) is 57.1 Å². The van der Waals surface area contributed by atoms with Crippen LogP contribution in [0.4, 0.5) is 5.69 Å². The van der Waals surface area contributed by atoms with Crippen LogP contribution in [0.15, 0.2) is 24.5 Å². The number of fused-ring (bicyclic) bond motifs is 1. The third-order valence-corrected chi connectivity index (χ3v) is 8.05. The van der Waals surface area contributed by atoms with Gasteiger partial charge in [0.1, 0.15) is 5.75 Å². The molecule has 1 saturated carbocycles. The Morgan fingerprint density at radius 1 is 1.14 bits per heavy atom. The molecule has 2 fully saturated rings. The van der Waals surface area contributed by atoms with Crippen LogP contribution in [0.2, 0.25) is 0 Å². The zero-order valence-electron chi connectivity index (χ0n) is 17.1. The van der Waals surface area contributed by atoms with Crippen molar-refractivity contribution in [2.24, 2.45) is 0 Å². The molecule has 3 heterocycles. The molecule has 2 aliphatic heterocycles. The molecule has 0 bridgehead atoms. The molecule has 150 valence electrons. The Balaban J connectivity index is 1.52. The van der Waals surface area contributed by atoms with Crippen LogP contribution in [0, 0.1) is 0 Å². The standard InChI is InChI=1S/C23H31N3OS/c1-16-8-9-21-22(25(16)2)11-10-20(23(21)27-19-6-3-7-19)17-13-24-26(14-17)18-5-4-12-28-15-18/h10-11,13-14,16,18-19H,3-9,12,15H2,1-2H3. The van der Waals surface area contributed by atoms with Crippen molar-refractivity contribution in [2.75, 3.05) is 23.5 Å². The van der Waals surface area contributed by atoms with Crippen molar-refractivity contribution in [1.82, 2.24) is 9.78 Å². The Kier molecular flexibility index (Phi) is 5.04. The topological polar surface area (TPSA) is 30.3 Å². The summed E-state index contributed by atoms with van der Waals surface area (Å²) in [6.07, 6.45) is 13.2. The highest BCUT2D eigenvalue weighted by Gasteiger charge is 2.29. The van der Waals surface area contributed by atoms with E-state index in [1.54, 1.807) is 0 Å². The van der Waals surface area contributed by atoms with Crippen molar-refractivity contribution < 1.29 is 4.74 Å². The largest absolute Gasteiger partial charge is 0.489 e. The van der Waals surface area contributed by atoms with Gasteiger partial charge < -0.3 is 9.64 Å². The molecular formula is C23H31N3OS. The molecule has 1 aromatic heterocycles. The zero-order valence-corrected chi connectivity index (χ0v) is 17.9. The van der Waals surface area contributed by atoms with Crippen molar-refractivity contribution >= 4 is 17.4 Å². The van der Waals surface area contributed by atoms with Crippen molar-refractivity contribution in [3.63, 3.8) is 0 Å². The Hall–Kier alpha value is -1.62. The Morgan fingerprint density at radius 2 is 2.04 bits per heavy atom. The van der Waals surface area contributed by atoms with Crippen LogP contribution in [0.3, 0.4) is 0 Å². The number of anilines is 1. The summed E-state index contributed by atoms with van der Waals surface area (Å²) < 4.78 is 8.80. The Bertz CT molecular complexity index is 838. The summed E-state index contributed by atoms with van der Waals surface area (Å²) in [5, 5.41) is 4.75. The van der Waals surface area contributed by atoms with E-state index in [1.165, 1.54) is 72.4 Å². The lowest BCUT2D eigenvalue weighted by atomic mass is 9.91. The molecule has 4 nitrogen and oxygen atoms in total. The maximum absolute atomic E-state index is 6.60. The predicted octanol–water partition coefficient (Wildman–Crippen LogP) is 5.32. The summed E-state index contributed by atoms with van der Waals surface area (Å²) in [6, 6.07) is 5.68. The summed E-state index contributed by atoms with van der Waals surface area (Å²) in [4.78, 5) is 2.42. The molecule has 3 aliphatic rings. The van der Waals surface area contributed by atoms with Crippen molar-refractivity contribution in [3.8, 4) is 16.9 Å². The number of aromatic nitrogens is 2. The molecule has 28 heavy (non-hydrogen) atoms. The first-order valence-corrected chi connectivity index (χ1v) is 12.0. The van der Waals surface area contributed by atoms with E-state index in [4.69, 9.17) is 9.84 Å². The summed E-state index contributed by atoms with van der Waals surface area (Å²) >= 11 is 2.05. The molecule has 1 aliphatic carbocycles. The second-order valence-electron chi connectivity index (χ2n) is 8.69. The van der Waals surface area contributed by atoms with Gasteiger partial charge in [0.2, 0.25) is 0 Å². The van der Waals surface area contributed by atoms with E-state index < -0.39 is 0 Å². The number of ether oxygens (including phenoxy) is 1. The Morgan fingerprint density at radius 3 is 2.79 bits per heavy atom. The third-order valence-electron chi connectivity index (χ3n) is 6.85. The molecule has 5 heteroatoms. The van der Waals surface area contributed by atoms with Gasteiger partial charge in [0.25, 0.3) is 0 Å². The van der Waals surface area contributed by atoms with Crippen LogP contribution in [0.25, 0.3) is 11.1 Å². The van der Waals surface area contributed by atoms with E-state index in [9.17, 15) is 0 Å². The van der Waals surface area contributed by atoms with Gasteiger partial charge in [-0.2, -0.15) is 16.9 Å². The molecule has 0 N–H and O–H groups in total. The average molecular weight is 398 g/mol. The van der Waals surface area contributed by atoms with Gasteiger partial charge in [-0.1, -0.05) is 0 Å². The minimum absolute atomic E-state index is 0.389. The lowest BCUT2D eigenvalue weighted by molar-refractivity contribution is 0.119. The highest BCUT2D eigenvalue weighted by Crippen LogP contribution is 2.44. The number of rotatable bonds is 4. The van der Waals surface area contributed by atoms with Gasteiger partial charge in [-0.3, -0.25) is 4.68 Å². The van der Waals surface area contributed by atoms with Crippen molar-refractivity contribution in [3.05, 3.63) is 30.1 Å². The van der Waals surface area contributed by atoms with E-state index in [1.807, 2.05) is 6.20 Å². The monoisotopic (exact) mass is 397 g/mol. The molecule has 0 radical (unpaired) electrons. The third kappa shape index (κ3) is 3.32. The Labute approximate surface area is 172 Å². The zero-order chi connectivity index (χ0) is 19.1. The molecule has 0 spiro atoms. The second kappa shape index (κ2) is 7.66. The highest BCUT2D eigenvalue weighted by atomic mass is 32.2. The maximum Gasteiger partial charge on any atom is 0.132 e. The average Bonchev–Trinajstić information content (AvgIpc) is 3.18. The normalized spacial score (nSPS) is 25.3. The number of hydrogen-bond acceptors (Lipinski definition) is 4. The van der Waals surface area contributed by atoms with Crippen molar-refractivity contribution in [1.29, 1.82) is 0 Å². The fourth-order valence-electron chi connectivity index (χ4n) is 4.60. The molecule has 2 atom stereocenters. The first kappa shape index (κ1) is 18.4. The van der Waals surface area contributed by atoms with Crippen LogP contribution in [-0.4, -0.2) is 40.5 Å². The van der Waals surface area contributed by atoms with Crippen LogP contribution in [-0.2, 0) is 6.42 Å². The first-order chi connectivity index (χ1) is 13.7. The van der Waals surface area contributed by atoms with Gasteiger partial charge in [-0.25, -0.2) is 0 Å². The van der Waals surface area contributed by atoms with Gasteiger partial charge >= 0.3 is 0 Å². The van der Waals surface area contributed by atoms with Gasteiger partial charge in [0, 0.05) is 47.4 Å². The number of benzene rings is 1. The van der Waals surface area contributed by atoms with Gasteiger partial charge in [-0.05, 0) is 69.8 Å². The molecular weight excluding hydrogens is 366 g/mol. The number of hydrogen-bond donors (Lipinski definition) is 0. The molecule has 2 aromatic rings. The SMILES string of the molecule is CC1CCc2c(ccc(-c3cnn(C4CCCSC4)c3)c2OC2CCC2)N1C. The van der Waals surface area contributed by atoms with E-state index >= 15 is 0 Å². The molecule has 0 amide bonds. The maximum atomic E-state index is 6.60. The minimum atomic E-state index is 0.389. The fourth-order valence-corrected chi connectivity index (χ4v) is 5.73. The summed E-state index contributed by atoms with van der Waals surface area (Å²) in [7, 11) is 2.22. The van der Waals surface area contributed by atoms with E-state index in [-0.39, 0.29) is 0 Å². The van der Waals surface area contributed by atoms with Gasteiger partial charge in [0.05, 0.1) is 18.3 Å². The highest BCUT2D eigenvalue weighted by molar-refractivity contribution is 7.99. The van der Waals surface area contributed by atoms with Gasteiger partial charge in [0.15, 0.2) is 0 Å². The fraction of sp³-hybridized carbons (Fsp3) is 0.609. The smallest absolute Gasteiger partial charge is 0.132 e. The van der Waals surface area contributed by atoms with Gasteiger partial charge in [-0.15, -0.1) is 0 Å². The number of nitrogens with zero attached hydrogens (tertiary/aromatic N) is 3. The first-order valence-electron chi connectivity index (χ1n) is 10.9. The molecule has 1 aromatic carbocycles. The quantitative estimate of drug-likeness (QED) is 0.698. The lowest BCUT2D eigenvalue weighted by Gasteiger charge is -2.37. The number of thioether (sulfide) groups is 1. The summed E-state index contributed by atoms with van der Waals surface area (Å²) in [6.45, 7) is 2.32. The summed E-state index contributed by atoms with van der Waals surface area (Å²) in [5.41, 5.74) is 5.16. The second-order valence-corrected chi connectivity index (χ2v) is 9.84. The summed E-state index contributed by atoms with van der Waals surface area (Å²) in [5.74, 6) is 3.60. The van der Waals surface area contributed by atoms with E-state index in [0.29, 0.717) is 18.2 Å².